The summed E-state index contributed by atoms with van der Waals surface area (Å²) in [6.45, 7) is 6.38. The van der Waals surface area contributed by atoms with Gasteiger partial charge in [-0.25, -0.2) is 0 Å². The third kappa shape index (κ3) is 66.2. The SMILES string of the molecule is CC/C=C\C/C=C\C/C=C\C/C=C\C/C=C\CCCCCC(=O)OCC(COC(=O)CCCCCCCCCCCCCCC/C=C\CCCCCCCCCC)OC(=O)CCCCC/C=C\C/C=C\C/C=C\C/C=C\C/C=C\CC. The van der Waals surface area contributed by atoms with Gasteiger partial charge in [0.1, 0.15) is 13.2 Å². The van der Waals surface area contributed by atoms with Crippen molar-refractivity contribution in [2.24, 2.45) is 0 Å². The Labute approximate surface area is 500 Å². The fraction of sp³-hybridized carbons (Fsp3) is 0.667. The molecule has 81 heavy (non-hydrogen) atoms. The van der Waals surface area contributed by atoms with Crippen LogP contribution in [0, 0.1) is 0 Å². The van der Waals surface area contributed by atoms with Gasteiger partial charge in [0.25, 0.3) is 0 Å². The molecule has 0 fully saturated rings. The van der Waals surface area contributed by atoms with Crippen LogP contribution in [0.2, 0.25) is 0 Å². The summed E-state index contributed by atoms with van der Waals surface area (Å²) in [7, 11) is 0. The van der Waals surface area contributed by atoms with Crippen LogP contribution in [0.5, 0.6) is 0 Å². The van der Waals surface area contributed by atoms with Crippen molar-refractivity contribution >= 4 is 17.9 Å². The van der Waals surface area contributed by atoms with E-state index < -0.39 is 6.10 Å². The number of carbonyl (C=O) groups is 3. The summed E-state index contributed by atoms with van der Waals surface area (Å²) < 4.78 is 16.9. The van der Waals surface area contributed by atoms with E-state index in [1.54, 1.807) is 0 Å². The summed E-state index contributed by atoms with van der Waals surface area (Å²) in [5, 5.41) is 0. The van der Waals surface area contributed by atoms with Crippen molar-refractivity contribution < 1.29 is 28.6 Å². The topological polar surface area (TPSA) is 78.9 Å². The van der Waals surface area contributed by atoms with Gasteiger partial charge in [0.2, 0.25) is 0 Å². The molecule has 0 radical (unpaired) electrons. The highest BCUT2D eigenvalue weighted by molar-refractivity contribution is 5.71. The lowest BCUT2D eigenvalue weighted by atomic mass is 10.0. The molecule has 0 rings (SSSR count). The number of rotatable bonds is 60. The minimum atomic E-state index is -0.816. The van der Waals surface area contributed by atoms with Gasteiger partial charge >= 0.3 is 17.9 Å². The second-order valence-corrected chi connectivity index (χ2v) is 22.0. The Morgan fingerprint density at radius 2 is 0.481 bits per heavy atom. The quantitative estimate of drug-likeness (QED) is 0.0261. The number of hydrogen-bond donors (Lipinski definition) is 0. The van der Waals surface area contributed by atoms with Gasteiger partial charge in [0, 0.05) is 19.3 Å². The number of esters is 3. The van der Waals surface area contributed by atoms with E-state index in [9.17, 15) is 14.4 Å². The maximum Gasteiger partial charge on any atom is 0.306 e. The minimum absolute atomic E-state index is 0.105. The molecule has 0 saturated heterocycles. The predicted octanol–water partition coefficient (Wildman–Crippen LogP) is 23.3. The second kappa shape index (κ2) is 68.1. The van der Waals surface area contributed by atoms with Crippen LogP contribution >= 0.6 is 0 Å². The number of unbranched alkanes of at least 4 members (excludes halogenated alkanes) is 27. The summed E-state index contributed by atoms with van der Waals surface area (Å²) in [5.41, 5.74) is 0. The van der Waals surface area contributed by atoms with Crippen LogP contribution in [-0.2, 0) is 28.6 Å². The summed E-state index contributed by atoms with van der Waals surface area (Å²) >= 11 is 0. The predicted molar refractivity (Wildman–Crippen MR) is 353 cm³/mol. The Morgan fingerprint density at radius 1 is 0.259 bits per heavy atom. The Hall–Kier alpha value is -4.45. The van der Waals surface area contributed by atoms with Gasteiger partial charge in [0.15, 0.2) is 6.10 Å². The highest BCUT2D eigenvalue weighted by Gasteiger charge is 2.19. The van der Waals surface area contributed by atoms with Gasteiger partial charge in [-0.3, -0.25) is 14.4 Å². The third-order valence-electron chi connectivity index (χ3n) is 14.1. The van der Waals surface area contributed by atoms with Crippen molar-refractivity contribution in [3.8, 4) is 0 Å². The summed E-state index contributed by atoms with van der Waals surface area (Å²) in [6.07, 6.45) is 96.1. The van der Waals surface area contributed by atoms with E-state index in [0.29, 0.717) is 19.3 Å². The molecule has 0 aromatic heterocycles. The van der Waals surface area contributed by atoms with Crippen LogP contribution in [0.15, 0.2) is 134 Å². The normalized spacial score (nSPS) is 13.0. The summed E-state index contributed by atoms with van der Waals surface area (Å²) in [6, 6.07) is 0. The first-order valence-electron chi connectivity index (χ1n) is 33.7. The monoisotopic (exact) mass is 1120 g/mol. The fourth-order valence-corrected chi connectivity index (χ4v) is 9.14. The molecule has 0 bridgehead atoms. The van der Waals surface area contributed by atoms with E-state index in [-0.39, 0.29) is 37.5 Å². The number of carbonyl (C=O) groups excluding carboxylic acids is 3. The molecular weight excluding hydrogens is 997 g/mol. The Balaban J connectivity index is 4.45. The smallest absolute Gasteiger partial charge is 0.306 e. The highest BCUT2D eigenvalue weighted by Crippen LogP contribution is 2.16. The minimum Gasteiger partial charge on any atom is -0.462 e. The highest BCUT2D eigenvalue weighted by atomic mass is 16.6. The lowest BCUT2D eigenvalue weighted by molar-refractivity contribution is -0.167. The molecular formula is C75H124O6. The molecule has 0 spiro atoms. The number of allylic oxidation sites excluding steroid dienone is 22. The maximum atomic E-state index is 12.9. The van der Waals surface area contributed by atoms with Crippen molar-refractivity contribution in [3.63, 3.8) is 0 Å². The molecule has 1 unspecified atom stereocenters. The van der Waals surface area contributed by atoms with E-state index >= 15 is 0 Å². The zero-order valence-electron chi connectivity index (χ0n) is 52.8. The molecule has 460 valence electrons. The molecule has 0 aromatic rings. The molecule has 1 atom stereocenters. The van der Waals surface area contributed by atoms with E-state index in [2.05, 4.69) is 154 Å². The molecule has 0 aromatic carbocycles. The first-order valence-corrected chi connectivity index (χ1v) is 33.7. The molecule has 0 amide bonds. The Kier molecular flexibility index (Phi) is 64.3. The van der Waals surface area contributed by atoms with Crippen molar-refractivity contribution in [2.45, 2.75) is 309 Å². The van der Waals surface area contributed by atoms with Crippen LogP contribution in [0.3, 0.4) is 0 Å². The van der Waals surface area contributed by atoms with Gasteiger partial charge in [-0.15, -0.1) is 0 Å². The fourth-order valence-electron chi connectivity index (χ4n) is 9.14. The van der Waals surface area contributed by atoms with Crippen LogP contribution < -0.4 is 0 Å². The average Bonchev–Trinajstić information content (AvgIpc) is 3.47. The average molecular weight is 1120 g/mol. The summed E-state index contributed by atoms with van der Waals surface area (Å²) in [5.74, 6) is -0.966. The van der Waals surface area contributed by atoms with Gasteiger partial charge in [0.05, 0.1) is 0 Å². The Bertz CT molecular complexity index is 1720. The molecule has 0 aliphatic carbocycles. The van der Waals surface area contributed by atoms with Crippen LogP contribution in [-0.4, -0.2) is 37.2 Å². The van der Waals surface area contributed by atoms with Gasteiger partial charge in [-0.05, 0) is 135 Å². The molecule has 6 nitrogen and oxygen atoms in total. The number of ether oxygens (including phenoxy) is 3. The maximum absolute atomic E-state index is 12.9. The van der Waals surface area contributed by atoms with E-state index in [1.807, 2.05) is 0 Å². The van der Waals surface area contributed by atoms with Crippen LogP contribution in [0.25, 0.3) is 0 Å². The largest absolute Gasteiger partial charge is 0.462 e. The first-order chi connectivity index (χ1) is 40.0. The molecule has 0 saturated carbocycles. The molecule has 6 heteroatoms. The van der Waals surface area contributed by atoms with Gasteiger partial charge < -0.3 is 14.2 Å². The Morgan fingerprint density at radius 3 is 0.778 bits per heavy atom. The first kappa shape index (κ1) is 76.5. The lowest BCUT2D eigenvalue weighted by Gasteiger charge is -2.18. The van der Waals surface area contributed by atoms with Crippen molar-refractivity contribution in [1.29, 1.82) is 0 Å². The van der Waals surface area contributed by atoms with Crippen molar-refractivity contribution in [2.75, 3.05) is 13.2 Å². The standard InChI is InChI=1S/C75H124O6/c1-4-7-10-13-16-19-22-25-28-31-34-35-36-37-38-39-42-44-47-50-53-56-59-62-65-68-74(77)80-71-72(81-75(78)69-66-63-60-57-54-51-48-45-41-33-30-27-24-21-18-15-12-9-6-3)70-79-73(76)67-64-61-58-55-52-49-46-43-40-32-29-26-23-20-17-14-11-8-5-2/h8-9,11-12,17-18,20-21,26-27,29-31,34,40-41,43,45,49,51-52,54,72H,4-7,10,13-16,19,22-25,28,32-33,35-39,42,44,46-48,50,53,55-71H2,1-3H3/b11-8-,12-9-,20-17-,21-18-,29-26-,30-27-,34-31-,43-40-,45-41-,52-49-,54-51-. The lowest BCUT2D eigenvalue weighted by Crippen LogP contribution is -2.30. The zero-order valence-corrected chi connectivity index (χ0v) is 52.8. The molecule has 0 N–H and O–H groups in total. The van der Waals surface area contributed by atoms with E-state index in [1.165, 1.54) is 128 Å². The zero-order chi connectivity index (χ0) is 58.5. The van der Waals surface area contributed by atoms with E-state index in [0.717, 1.165) is 128 Å². The molecule has 0 aliphatic rings. The number of hydrogen-bond acceptors (Lipinski definition) is 6. The van der Waals surface area contributed by atoms with Crippen molar-refractivity contribution in [3.05, 3.63) is 134 Å². The molecule has 0 heterocycles. The summed E-state index contributed by atoms with van der Waals surface area (Å²) in [4.78, 5) is 38.4. The second-order valence-electron chi connectivity index (χ2n) is 22.0. The molecule has 0 aliphatic heterocycles. The third-order valence-corrected chi connectivity index (χ3v) is 14.1. The van der Waals surface area contributed by atoms with Gasteiger partial charge in [-0.1, -0.05) is 283 Å². The van der Waals surface area contributed by atoms with E-state index in [4.69, 9.17) is 14.2 Å². The van der Waals surface area contributed by atoms with Gasteiger partial charge in [-0.2, -0.15) is 0 Å². The van der Waals surface area contributed by atoms with Crippen molar-refractivity contribution in [1.82, 2.24) is 0 Å². The van der Waals surface area contributed by atoms with Crippen LogP contribution in [0.1, 0.15) is 303 Å². The van der Waals surface area contributed by atoms with Crippen LogP contribution in [0.4, 0.5) is 0 Å².